The van der Waals surface area contributed by atoms with Crippen LogP contribution in [0.3, 0.4) is 0 Å². The van der Waals surface area contributed by atoms with E-state index in [0.717, 1.165) is 31.8 Å². The molecule has 2 N–H and O–H groups in total. The maximum Gasteiger partial charge on any atom is 0.289 e. The number of hydrogen-bond acceptors (Lipinski definition) is 3. The van der Waals surface area contributed by atoms with Gasteiger partial charge in [-0.05, 0) is 36.8 Å². The number of hydrogen-bond donors (Lipinski definition) is 1. The van der Waals surface area contributed by atoms with Gasteiger partial charge in [0.25, 0.3) is 5.91 Å². The van der Waals surface area contributed by atoms with Crippen LogP contribution in [0.15, 0.2) is 16.5 Å². The van der Waals surface area contributed by atoms with Gasteiger partial charge < -0.3 is 15.1 Å². The van der Waals surface area contributed by atoms with Gasteiger partial charge in [-0.1, -0.05) is 13.8 Å². The van der Waals surface area contributed by atoms with Crippen LogP contribution in [0.4, 0.5) is 0 Å². The summed E-state index contributed by atoms with van der Waals surface area (Å²) in [4.78, 5) is 14.1. The molecule has 1 fully saturated rings. The van der Waals surface area contributed by atoms with Crippen molar-refractivity contribution in [3.8, 4) is 0 Å². The Labute approximate surface area is 108 Å². The van der Waals surface area contributed by atoms with Crippen molar-refractivity contribution in [3.63, 3.8) is 0 Å². The molecule has 0 saturated carbocycles. The Kier molecular flexibility index (Phi) is 4.07. The molecule has 4 heteroatoms. The molecule has 0 aliphatic carbocycles. The zero-order valence-corrected chi connectivity index (χ0v) is 11.2. The maximum atomic E-state index is 12.2. The van der Waals surface area contributed by atoms with Crippen LogP contribution in [0.25, 0.3) is 0 Å². The van der Waals surface area contributed by atoms with Gasteiger partial charge in [-0.15, -0.1) is 0 Å². The van der Waals surface area contributed by atoms with Gasteiger partial charge in [0.05, 0.1) is 6.54 Å². The summed E-state index contributed by atoms with van der Waals surface area (Å²) in [6, 6.07) is 3.49. The molecular formula is C14H22N2O2. The molecule has 1 aliphatic rings. The fraction of sp³-hybridized carbons (Fsp3) is 0.643. The van der Waals surface area contributed by atoms with E-state index in [1.807, 2.05) is 4.90 Å². The number of carbonyl (C=O) groups is 1. The molecule has 0 aromatic carbocycles. The Morgan fingerprint density at radius 2 is 2.11 bits per heavy atom. The molecule has 1 saturated heterocycles. The minimum absolute atomic E-state index is 0.00286. The van der Waals surface area contributed by atoms with Crippen molar-refractivity contribution in [2.24, 2.45) is 17.6 Å². The summed E-state index contributed by atoms with van der Waals surface area (Å²) in [5.41, 5.74) is 5.47. The highest BCUT2D eigenvalue weighted by molar-refractivity contribution is 5.91. The third-order valence-electron chi connectivity index (χ3n) is 3.84. The zero-order valence-electron chi connectivity index (χ0n) is 11.2. The highest BCUT2D eigenvalue weighted by atomic mass is 16.4. The van der Waals surface area contributed by atoms with Gasteiger partial charge >= 0.3 is 0 Å². The summed E-state index contributed by atoms with van der Waals surface area (Å²) < 4.78 is 5.41. The second-order valence-corrected chi connectivity index (χ2v) is 5.34. The van der Waals surface area contributed by atoms with E-state index in [1.165, 1.54) is 0 Å². The van der Waals surface area contributed by atoms with E-state index in [1.54, 1.807) is 12.1 Å². The molecule has 1 aromatic heterocycles. The van der Waals surface area contributed by atoms with E-state index in [9.17, 15) is 4.79 Å². The van der Waals surface area contributed by atoms with Crippen molar-refractivity contribution in [2.75, 3.05) is 13.1 Å². The van der Waals surface area contributed by atoms with Crippen LogP contribution in [0.5, 0.6) is 0 Å². The summed E-state index contributed by atoms with van der Waals surface area (Å²) in [6.07, 6.45) is 2.18. The molecule has 1 aliphatic heterocycles. The average Bonchev–Trinajstić information content (AvgIpc) is 2.86. The van der Waals surface area contributed by atoms with Crippen molar-refractivity contribution in [2.45, 2.75) is 33.2 Å². The van der Waals surface area contributed by atoms with Crippen molar-refractivity contribution >= 4 is 5.91 Å². The number of amides is 1. The lowest BCUT2D eigenvalue weighted by Crippen LogP contribution is -2.39. The molecule has 2 heterocycles. The maximum absolute atomic E-state index is 12.2. The van der Waals surface area contributed by atoms with Crippen LogP contribution in [-0.2, 0) is 6.54 Å². The minimum Gasteiger partial charge on any atom is -0.455 e. The van der Waals surface area contributed by atoms with Crippen LogP contribution >= 0.6 is 0 Å². The number of furan rings is 1. The number of nitrogens with two attached hydrogens (primary N) is 1. The van der Waals surface area contributed by atoms with Gasteiger partial charge in [0.2, 0.25) is 0 Å². The molecule has 4 nitrogen and oxygen atoms in total. The molecule has 0 radical (unpaired) electrons. The second kappa shape index (κ2) is 5.57. The van der Waals surface area contributed by atoms with Crippen LogP contribution in [0.1, 0.15) is 43.0 Å². The van der Waals surface area contributed by atoms with Crippen molar-refractivity contribution in [1.29, 1.82) is 0 Å². The lowest BCUT2D eigenvalue weighted by Gasteiger charge is -2.33. The zero-order chi connectivity index (χ0) is 13.1. The Balaban J connectivity index is 1.95. The van der Waals surface area contributed by atoms with Crippen LogP contribution in [0, 0.1) is 11.8 Å². The first-order chi connectivity index (χ1) is 8.61. The summed E-state index contributed by atoms with van der Waals surface area (Å²) >= 11 is 0. The fourth-order valence-corrected chi connectivity index (χ4v) is 2.53. The van der Waals surface area contributed by atoms with E-state index < -0.39 is 0 Å². The van der Waals surface area contributed by atoms with Crippen LogP contribution in [-0.4, -0.2) is 23.9 Å². The fourth-order valence-electron chi connectivity index (χ4n) is 2.53. The molecule has 0 bridgehead atoms. The first kappa shape index (κ1) is 13.1. The van der Waals surface area contributed by atoms with Gasteiger partial charge in [0, 0.05) is 13.1 Å². The molecule has 2 rings (SSSR count). The van der Waals surface area contributed by atoms with Crippen molar-refractivity contribution < 1.29 is 9.21 Å². The molecule has 0 spiro atoms. The normalized spacial score (nSPS) is 17.4. The molecular weight excluding hydrogens is 228 g/mol. The van der Waals surface area contributed by atoms with Gasteiger partial charge in [0.1, 0.15) is 5.76 Å². The van der Waals surface area contributed by atoms with E-state index >= 15 is 0 Å². The monoisotopic (exact) mass is 250 g/mol. The number of piperidine rings is 1. The number of carbonyl (C=O) groups excluding carboxylic acids is 1. The molecule has 0 atom stereocenters. The SMILES string of the molecule is CC(C)C1CCN(C(=O)c2ccc(CN)o2)CC1. The van der Waals surface area contributed by atoms with E-state index in [-0.39, 0.29) is 5.91 Å². The molecule has 100 valence electrons. The smallest absolute Gasteiger partial charge is 0.289 e. The molecule has 18 heavy (non-hydrogen) atoms. The summed E-state index contributed by atoms with van der Waals surface area (Å²) in [7, 11) is 0. The van der Waals surface area contributed by atoms with Crippen LogP contribution < -0.4 is 5.73 Å². The number of rotatable bonds is 3. The first-order valence-corrected chi connectivity index (χ1v) is 6.70. The molecule has 0 unspecified atom stereocenters. The van der Waals surface area contributed by atoms with E-state index in [2.05, 4.69) is 13.8 Å². The quantitative estimate of drug-likeness (QED) is 0.895. The Bertz CT molecular complexity index is 404. The van der Waals surface area contributed by atoms with Gasteiger partial charge in [-0.2, -0.15) is 0 Å². The predicted octanol–water partition coefficient (Wildman–Crippen LogP) is 2.25. The Morgan fingerprint density at radius 1 is 1.44 bits per heavy atom. The first-order valence-electron chi connectivity index (χ1n) is 6.70. The number of likely N-dealkylation sites (tertiary alicyclic amines) is 1. The average molecular weight is 250 g/mol. The van der Waals surface area contributed by atoms with Gasteiger partial charge in [0.15, 0.2) is 5.76 Å². The van der Waals surface area contributed by atoms with Crippen molar-refractivity contribution in [1.82, 2.24) is 4.90 Å². The van der Waals surface area contributed by atoms with Gasteiger partial charge in [-0.25, -0.2) is 0 Å². The Morgan fingerprint density at radius 3 is 2.61 bits per heavy atom. The third-order valence-corrected chi connectivity index (χ3v) is 3.84. The third kappa shape index (κ3) is 2.75. The summed E-state index contributed by atoms with van der Waals surface area (Å²) in [5, 5.41) is 0. The second-order valence-electron chi connectivity index (χ2n) is 5.34. The van der Waals surface area contributed by atoms with E-state index in [0.29, 0.717) is 24.0 Å². The van der Waals surface area contributed by atoms with Crippen molar-refractivity contribution in [3.05, 3.63) is 23.7 Å². The summed E-state index contributed by atoms with van der Waals surface area (Å²) in [6.45, 7) is 6.51. The number of nitrogens with zero attached hydrogens (tertiary/aromatic N) is 1. The minimum atomic E-state index is -0.00286. The van der Waals surface area contributed by atoms with E-state index in [4.69, 9.17) is 10.2 Å². The lowest BCUT2D eigenvalue weighted by atomic mass is 9.87. The largest absolute Gasteiger partial charge is 0.455 e. The predicted molar refractivity (Wildman–Crippen MR) is 70.1 cm³/mol. The topological polar surface area (TPSA) is 59.5 Å². The summed E-state index contributed by atoms with van der Waals surface area (Å²) in [5.74, 6) is 2.52. The van der Waals surface area contributed by atoms with Crippen LogP contribution in [0.2, 0.25) is 0 Å². The van der Waals surface area contributed by atoms with Gasteiger partial charge in [-0.3, -0.25) is 4.79 Å². The highest BCUT2D eigenvalue weighted by Gasteiger charge is 2.26. The molecule has 1 amide bonds. The molecule has 1 aromatic rings. The Hall–Kier alpha value is -1.29. The standard InChI is InChI=1S/C14H22N2O2/c1-10(2)11-5-7-16(8-6-11)14(17)13-4-3-12(9-15)18-13/h3-4,10-11H,5-9,15H2,1-2H3. The lowest BCUT2D eigenvalue weighted by molar-refractivity contribution is 0.0634. The highest BCUT2D eigenvalue weighted by Crippen LogP contribution is 2.25.